The lowest BCUT2D eigenvalue weighted by atomic mass is 9.97. The molecule has 0 aromatic carbocycles. The molecule has 0 aliphatic carbocycles. The molecule has 2 nitrogen and oxygen atoms in total. The van der Waals surface area contributed by atoms with E-state index in [-0.39, 0.29) is 0 Å². The van der Waals surface area contributed by atoms with Crippen LogP contribution in [0.4, 0.5) is 0 Å². The normalized spacial score (nSPS) is 18.8. The van der Waals surface area contributed by atoms with E-state index in [0.29, 0.717) is 22.5 Å². The molecule has 1 N–H and O–H groups in total. The monoisotopic (exact) mass is 256 g/mol. The van der Waals surface area contributed by atoms with Gasteiger partial charge in [0, 0.05) is 16.5 Å². The lowest BCUT2D eigenvalue weighted by molar-refractivity contribution is 0.382. The molecule has 3 atom stereocenters. The van der Waals surface area contributed by atoms with Crippen LogP contribution in [-0.4, -0.2) is 22.1 Å². The molecular weight excluding hydrogens is 228 g/mol. The zero-order valence-electron chi connectivity index (χ0n) is 12.4. The highest BCUT2D eigenvalue weighted by Gasteiger charge is 2.28. The zero-order valence-corrected chi connectivity index (χ0v) is 13.2. The van der Waals surface area contributed by atoms with Gasteiger partial charge in [-0.2, -0.15) is 17.0 Å². The van der Waals surface area contributed by atoms with Gasteiger partial charge in [0.15, 0.2) is 0 Å². The quantitative estimate of drug-likeness (QED) is 0.752. The molecule has 0 aromatic rings. The van der Waals surface area contributed by atoms with Gasteiger partial charge in [-0.25, -0.2) is 0 Å². The highest BCUT2D eigenvalue weighted by Crippen LogP contribution is 2.28. The van der Waals surface area contributed by atoms with Crippen molar-refractivity contribution in [3.63, 3.8) is 0 Å². The molecule has 3 unspecified atom stereocenters. The van der Waals surface area contributed by atoms with Crippen molar-refractivity contribution in [2.75, 3.05) is 0 Å². The number of hydrogen-bond acceptors (Lipinski definition) is 3. The highest BCUT2D eigenvalue weighted by atomic mass is 32.2. The van der Waals surface area contributed by atoms with Crippen LogP contribution in [0.3, 0.4) is 0 Å². The number of thioether (sulfide) groups is 1. The molecule has 0 saturated heterocycles. The Hall–Kier alpha value is -0.200. The van der Waals surface area contributed by atoms with E-state index in [0.717, 1.165) is 6.42 Å². The Bertz CT molecular complexity index is 257. The summed E-state index contributed by atoms with van der Waals surface area (Å²) in [5, 5.41) is 13.8. The van der Waals surface area contributed by atoms with Crippen LogP contribution in [0, 0.1) is 17.2 Å². The minimum Gasteiger partial charge on any atom is -0.297 e. The second kappa shape index (κ2) is 7.28. The molecule has 0 saturated carbocycles. The summed E-state index contributed by atoms with van der Waals surface area (Å²) in [6.45, 7) is 15.2. The van der Waals surface area contributed by atoms with Gasteiger partial charge in [0.05, 0.1) is 6.07 Å². The molecule has 0 bridgehead atoms. The molecule has 100 valence electrons. The number of nitrogens with zero attached hydrogens (tertiary/aromatic N) is 1. The minimum atomic E-state index is -0.405. The van der Waals surface area contributed by atoms with E-state index >= 15 is 0 Å². The summed E-state index contributed by atoms with van der Waals surface area (Å²) in [6.07, 6.45) is 0.892. The highest BCUT2D eigenvalue weighted by molar-refractivity contribution is 8.00. The van der Waals surface area contributed by atoms with Crippen LogP contribution in [-0.2, 0) is 0 Å². The molecule has 0 aliphatic rings. The molecule has 0 rings (SSSR count). The van der Waals surface area contributed by atoms with Crippen LogP contribution in [0.2, 0.25) is 0 Å². The molecule has 3 heteroatoms. The van der Waals surface area contributed by atoms with Crippen LogP contribution in [0.5, 0.6) is 0 Å². The molecule has 0 aromatic heterocycles. The van der Waals surface area contributed by atoms with Crippen molar-refractivity contribution in [2.45, 2.75) is 77.0 Å². The molecular formula is C14H28N2S. The topological polar surface area (TPSA) is 35.8 Å². The van der Waals surface area contributed by atoms with Gasteiger partial charge in [-0.3, -0.25) is 5.32 Å². The Morgan fingerprint density at radius 2 is 1.71 bits per heavy atom. The van der Waals surface area contributed by atoms with Crippen molar-refractivity contribution in [3.05, 3.63) is 0 Å². The van der Waals surface area contributed by atoms with Gasteiger partial charge in [0.25, 0.3) is 0 Å². The fourth-order valence-corrected chi connectivity index (χ4v) is 3.40. The number of hydrogen-bond donors (Lipinski definition) is 1. The Morgan fingerprint density at radius 3 is 2.06 bits per heavy atom. The Morgan fingerprint density at radius 1 is 1.18 bits per heavy atom. The molecule has 17 heavy (non-hydrogen) atoms. The van der Waals surface area contributed by atoms with Crippen LogP contribution >= 0.6 is 11.8 Å². The summed E-state index contributed by atoms with van der Waals surface area (Å²) in [5.74, 6) is 0.689. The lowest BCUT2D eigenvalue weighted by Gasteiger charge is -2.30. The predicted octanol–water partition coefficient (Wildman–Crippen LogP) is 3.82. The predicted molar refractivity (Wildman–Crippen MR) is 78.3 cm³/mol. The van der Waals surface area contributed by atoms with Gasteiger partial charge in [-0.15, -0.1) is 0 Å². The maximum absolute atomic E-state index is 9.30. The van der Waals surface area contributed by atoms with E-state index in [4.69, 9.17) is 0 Å². The van der Waals surface area contributed by atoms with Crippen molar-refractivity contribution in [2.24, 2.45) is 5.92 Å². The number of rotatable bonds is 7. The van der Waals surface area contributed by atoms with E-state index in [1.807, 2.05) is 18.7 Å². The van der Waals surface area contributed by atoms with Crippen molar-refractivity contribution < 1.29 is 0 Å². The summed E-state index contributed by atoms with van der Waals surface area (Å²) < 4.78 is 0. The van der Waals surface area contributed by atoms with Crippen molar-refractivity contribution in [1.82, 2.24) is 5.32 Å². The molecule has 0 radical (unpaired) electrons. The maximum atomic E-state index is 9.30. The first-order valence-electron chi connectivity index (χ1n) is 6.54. The third-order valence-electron chi connectivity index (χ3n) is 2.94. The SMILES string of the molecule is CC(C)NC(C)(C#N)CC(C)SC(C)C(C)C. The summed E-state index contributed by atoms with van der Waals surface area (Å²) in [7, 11) is 0. The average molecular weight is 256 g/mol. The molecule has 0 aliphatic heterocycles. The van der Waals surface area contributed by atoms with Crippen molar-refractivity contribution in [1.29, 1.82) is 5.26 Å². The van der Waals surface area contributed by atoms with Gasteiger partial charge in [0.1, 0.15) is 5.54 Å². The smallest absolute Gasteiger partial charge is 0.105 e. The van der Waals surface area contributed by atoms with Crippen LogP contribution in [0.15, 0.2) is 0 Å². The second-order valence-corrected chi connectivity index (χ2v) is 7.66. The van der Waals surface area contributed by atoms with E-state index in [9.17, 15) is 5.26 Å². The number of nitriles is 1. The van der Waals surface area contributed by atoms with E-state index in [2.05, 4.69) is 52.9 Å². The average Bonchev–Trinajstić information content (AvgIpc) is 2.15. The maximum Gasteiger partial charge on any atom is 0.105 e. The van der Waals surface area contributed by atoms with Gasteiger partial charge in [-0.1, -0.05) is 27.7 Å². The second-order valence-electron chi connectivity index (χ2n) is 5.84. The van der Waals surface area contributed by atoms with Gasteiger partial charge in [0.2, 0.25) is 0 Å². The summed E-state index contributed by atoms with van der Waals surface area (Å²) in [5.41, 5.74) is -0.405. The van der Waals surface area contributed by atoms with Crippen LogP contribution in [0.1, 0.15) is 54.9 Å². The zero-order chi connectivity index (χ0) is 13.6. The van der Waals surface area contributed by atoms with Crippen LogP contribution < -0.4 is 5.32 Å². The summed E-state index contributed by atoms with van der Waals surface area (Å²) >= 11 is 1.99. The van der Waals surface area contributed by atoms with Crippen LogP contribution in [0.25, 0.3) is 0 Å². The van der Waals surface area contributed by atoms with Gasteiger partial charge >= 0.3 is 0 Å². The van der Waals surface area contributed by atoms with Gasteiger partial charge < -0.3 is 0 Å². The summed E-state index contributed by atoms with van der Waals surface area (Å²) in [6, 6.07) is 2.77. The molecule has 0 heterocycles. The van der Waals surface area contributed by atoms with E-state index in [1.165, 1.54) is 0 Å². The third kappa shape index (κ3) is 6.95. The number of nitrogens with one attached hydrogen (secondary N) is 1. The molecule has 0 amide bonds. The largest absolute Gasteiger partial charge is 0.297 e. The summed E-state index contributed by atoms with van der Waals surface area (Å²) in [4.78, 5) is 0. The standard InChI is InChI=1S/C14H28N2S/c1-10(2)13(6)17-12(5)8-14(7,9-15)16-11(3)4/h10-13,16H,8H2,1-7H3. The first-order valence-corrected chi connectivity index (χ1v) is 7.49. The Balaban J connectivity index is 4.34. The van der Waals surface area contributed by atoms with Crippen molar-refractivity contribution >= 4 is 11.8 Å². The Labute approximate surface area is 112 Å². The van der Waals surface area contributed by atoms with E-state index < -0.39 is 5.54 Å². The fourth-order valence-electron chi connectivity index (χ4n) is 1.92. The fraction of sp³-hybridized carbons (Fsp3) is 0.929. The third-order valence-corrected chi connectivity index (χ3v) is 4.54. The lowest BCUT2D eigenvalue weighted by Crippen LogP contribution is -2.46. The van der Waals surface area contributed by atoms with Gasteiger partial charge in [-0.05, 0) is 33.1 Å². The minimum absolute atomic E-state index is 0.347. The Kier molecular flexibility index (Phi) is 7.20. The van der Waals surface area contributed by atoms with Crippen molar-refractivity contribution in [3.8, 4) is 6.07 Å². The molecule has 0 spiro atoms. The molecule has 0 fully saturated rings. The van der Waals surface area contributed by atoms with E-state index in [1.54, 1.807) is 0 Å². The first-order chi connectivity index (χ1) is 7.70. The first kappa shape index (κ1) is 16.8.